The van der Waals surface area contributed by atoms with Crippen molar-refractivity contribution in [2.75, 3.05) is 0 Å². The van der Waals surface area contributed by atoms with E-state index in [2.05, 4.69) is 27.7 Å². The van der Waals surface area contributed by atoms with Crippen LogP contribution in [0.4, 0.5) is 0 Å². The lowest BCUT2D eigenvalue weighted by atomic mass is 9.89. The molecule has 0 unspecified atom stereocenters. The van der Waals surface area contributed by atoms with E-state index in [4.69, 9.17) is 0 Å². The van der Waals surface area contributed by atoms with E-state index in [1.165, 1.54) is 25.7 Å². The Labute approximate surface area is 71.4 Å². The molecule has 0 aromatic heterocycles. The molecule has 0 saturated heterocycles. The molecule has 0 aromatic rings. The highest BCUT2D eigenvalue weighted by atomic mass is 14.4. The van der Waals surface area contributed by atoms with Gasteiger partial charge in [0.05, 0.1) is 0 Å². The smallest absolute Gasteiger partial charge is 0.0378 e. The Bertz CT molecular complexity index is 118. The van der Waals surface area contributed by atoms with Gasteiger partial charge in [0.25, 0.3) is 0 Å². The average Bonchev–Trinajstić information content (AvgIpc) is 2.44. The summed E-state index contributed by atoms with van der Waals surface area (Å²) in [7, 11) is 0. The van der Waals surface area contributed by atoms with Crippen molar-refractivity contribution in [3.63, 3.8) is 0 Å². The van der Waals surface area contributed by atoms with Gasteiger partial charge < -0.3 is 0 Å². The van der Waals surface area contributed by atoms with Crippen LogP contribution < -0.4 is 0 Å². The third-order valence-electron chi connectivity index (χ3n) is 2.60. The van der Waals surface area contributed by atoms with Crippen LogP contribution in [0.5, 0.6) is 0 Å². The lowest BCUT2D eigenvalue weighted by Crippen LogP contribution is -2.06. The maximum atomic E-state index is 2.36. The van der Waals surface area contributed by atoms with Crippen LogP contribution in [0.1, 0.15) is 53.4 Å². The molecule has 0 heterocycles. The summed E-state index contributed by atoms with van der Waals surface area (Å²) >= 11 is 0. The van der Waals surface area contributed by atoms with Crippen molar-refractivity contribution < 1.29 is 0 Å². The minimum atomic E-state index is 0.563. The summed E-state index contributed by atoms with van der Waals surface area (Å²) in [6.07, 6.45) is 5.81. The van der Waals surface area contributed by atoms with E-state index in [0.29, 0.717) is 5.41 Å². The first kappa shape index (κ1) is 9.09. The Morgan fingerprint density at radius 2 is 1.82 bits per heavy atom. The second-order valence-electron chi connectivity index (χ2n) is 5.31. The summed E-state index contributed by atoms with van der Waals surface area (Å²) in [6.45, 7) is 9.36. The molecule has 66 valence electrons. The molecule has 1 aliphatic rings. The molecule has 1 fully saturated rings. The molecule has 0 aliphatic heterocycles. The zero-order valence-electron chi connectivity index (χ0n) is 8.48. The molecular formula is C11H22. The zero-order valence-corrected chi connectivity index (χ0v) is 8.48. The minimum Gasteiger partial charge on any atom is -0.0654 e. The minimum absolute atomic E-state index is 0.563. The van der Waals surface area contributed by atoms with Gasteiger partial charge in [-0.25, -0.2) is 0 Å². The maximum absolute atomic E-state index is 2.36. The van der Waals surface area contributed by atoms with Crippen LogP contribution in [0.3, 0.4) is 0 Å². The van der Waals surface area contributed by atoms with Gasteiger partial charge in [-0.15, -0.1) is 0 Å². The summed E-state index contributed by atoms with van der Waals surface area (Å²) < 4.78 is 0. The predicted octanol–water partition coefficient (Wildman–Crippen LogP) is 3.86. The standard InChI is InChI=1S/C11H22/c1-5-6-9-7-10(9)8-11(2,3)4/h9-10H,5-8H2,1-4H3/t9-,10-/m1/s1. The van der Waals surface area contributed by atoms with E-state index in [1.54, 1.807) is 0 Å². The van der Waals surface area contributed by atoms with E-state index in [-0.39, 0.29) is 0 Å². The molecule has 0 aromatic carbocycles. The van der Waals surface area contributed by atoms with Gasteiger partial charge >= 0.3 is 0 Å². The Hall–Kier alpha value is 0. The third-order valence-corrected chi connectivity index (χ3v) is 2.60. The van der Waals surface area contributed by atoms with Crippen LogP contribution in [0.25, 0.3) is 0 Å². The normalized spacial score (nSPS) is 30.5. The Kier molecular flexibility index (Phi) is 2.61. The molecule has 0 spiro atoms. The van der Waals surface area contributed by atoms with Gasteiger partial charge in [-0.3, -0.25) is 0 Å². The second kappa shape index (κ2) is 3.16. The highest BCUT2D eigenvalue weighted by molar-refractivity contribution is 4.88. The van der Waals surface area contributed by atoms with E-state index in [9.17, 15) is 0 Å². The van der Waals surface area contributed by atoms with Gasteiger partial charge in [0, 0.05) is 0 Å². The monoisotopic (exact) mass is 154 g/mol. The fourth-order valence-corrected chi connectivity index (χ4v) is 2.07. The van der Waals surface area contributed by atoms with E-state index >= 15 is 0 Å². The number of rotatable bonds is 3. The van der Waals surface area contributed by atoms with Gasteiger partial charge in [-0.05, 0) is 30.1 Å². The van der Waals surface area contributed by atoms with Crippen LogP contribution in [0.2, 0.25) is 0 Å². The highest BCUT2D eigenvalue weighted by Crippen LogP contribution is 2.48. The molecule has 0 N–H and O–H groups in total. The molecule has 0 amide bonds. The van der Waals surface area contributed by atoms with Crippen LogP contribution >= 0.6 is 0 Å². The third kappa shape index (κ3) is 3.27. The molecule has 0 radical (unpaired) electrons. The van der Waals surface area contributed by atoms with Crippen molar-refractivity contribution in [2.24, 2.45) is 17.3 Å². The van der Waals surface area contributed by atoms with Crippen LogP contribution in [-0.2, 0) is 0 Å². The molecule has 11 heavy (non-hydrogen) atoms. The SMILES string of the molecule is CCC[C@@H]1C[C@@H]1CC(C)(C)C. The van der Waals surface area contributed by atoms with Crippen molar-refractivity contribution in [1.29, 1.82) is 0 Å². The zero-order chi connectivity index (χ0) is 8.48. The van der Waals surface area contributed by atoms with Crippen LogP contribution in [0, 0.1) is 17.3 Å². The van der Waals surface area contributed by atoms with Crippen molar-refractivity contribution >= 4 is 0 Å². The Morgan fingerprint density at radius 1 is 1.18 bits per heavy atom. The molecule has 0 heteroatoms. The fourth-order valence-electron chi connectivity index (χ4n) is 2.07. The molecule has 0 nitrogen and oxygen atoms in total. The van der Waals surface area contributed by atoms with Crippen molar-refractivity contribution in [2.45, 2.75) is 53.4 Å². The largest absolute Gasteiger partial charge is 0.0654 e. The first-order valence-corrected chi connectivity index (χ1v) is 5.03. The summed E-state index contributed by atoms with van der Waals surface area (Å²) in [4.78, 5) is 0. The first-order chi connectivity index (χ1) is 5.03. The van der Waals surface area contributed by atoms with Gasteiger partial charge in [-0.2, -0.15) is 0 Å². The van der Waals surface area contributed by atoms with E-state index < -0.39 is 0 Å². The lowest BCUT2D eigenvalue weighted by Gasteiger charge is -2.17. The van der Waals surface area contributed by atoms with Gasteiger partial charge in [0.2, 0.25) is 0 Å². The topological polar surface area (TPSA) is 0 Å². The van der Waals surface area contributed by atoms with Crippen LogP contribution in [0.15, 0.2) is 0 Å². The molecule has 1 rings (SSSR count). The quantitative estimate of drug-likeness (QED) is 0.579. The summed E-state index contributed by atoms with van der Waals surface area (Å²) in [6, 6.07) is 0. The summed E-state index contributed by atoms with van der Waals surface area (Å²) in [5.41, 5.74) is 0.563. The van der Waals surface area contributed by atoms with Gasteiger partial charge in [0.15, 0.2) is 0 Å². The highest BCUT2D eigenvalue weighted by Gasteiger charge is 2.37. The summed E-state index contributed by atoms with van der Waals surface area (Å²) in [5, 5.41) is 0. The Morgan fingerprint density at radius 3 is 2.27 bits per heavy atom. The molecular weight excluding hydrogens is 132 g/mol. The van der Waals surface area contributed by atoms with Crippen LogP contribution in [-0.4, -0.2) is 0 Å². The Balaban J connectivity index is 2.13. The van der Waals surface area contributed by atoms with Crippen molar-refractivity contribution in [3.8, 4) is 0 Å². The number of hydrogen-bond acceptors (Lipinski definition) is 0. The molecule has 1 aliphatic carbocycles. The van der Waals surface area contributed by atoms with Crippen molar-refractivity contribution in [1.82, 2.24) is 0 Å². The predicted molar refractivity (Wildman–Crippen MR) is 50.6 cm³/mol. The molecule has 0 bridgehead atoms. The fraction of sp³-hybridized carbons (Fsp3) is 1.00. The maximum Gasteiger partial charge on any atom is -0.0378 e. The number of hydrogen-bond donors (Lipinski definition) is 0. The average molecular weight is 154 g/mol. The van der Waals surface area contributed by atoms with Gasteiger partial charge in [0.1, 0.15) is 0 Å². The first-order valence-electron chi connectivity index (χ1n) is 5.03. The van der Waals surface area contributed by atoms with Gasteiger partial charge in [-0.1, -0.05) is 40.5 Å². The van der Waals surface area contributed by atoms with Crippen molar-refractivity contribution in [3.05, 3.63) is 0 Å². The second-order valence-corrected chi connectivity index (χ2v) is 5.31. The molecule has 1 saturated carbocycles. The van der Waals surface area contributed by atoms with E-state index in [0.717, 1.165) is 11.8 Å². The van der Waals surface area contributed by atoms with E-state index in [1.807, 2.05) is 0 Å². The summed E-state index contributed by atoms with van der Waals surface area (Å²) in [5.74, 6) is 2.18. The lowest BCUT2D eigenvalue weighted by molar-refractivity contribution is 0.342. The molecule has 2 atom stereocenters.